The zero-order valence-corrected chi connectivity index (χ0v) is 18.0. The first-order chi connectivity index (χ1) is 13.9. The largest absolute Gasteiger partial charge is 0.493 e. The van der Waals surface area contributed by atoms with Crippen molar-refractivity contribution in [2.75, 3.05) is 20.0 Å². The lowest BCUT2D eigenvalue weighted by atomic mass is 9.90. The summed E-state index contributed by atoms with van der Waals surface area (Å²) in [5.74, 6) is 0.268. The highest BCUT2D eigenvalue weighted by Gasteiger charge is 2.37. The average Bonchev–Trinajstić information content (AvgIpc) is 2.69. The highest BCUT2D eigenvalue weighted by molar-refractivity contribution is 8.00. The van der Waals surface area contributed by atoms with Crippen molar-refractivity contribution in [3.8, 4) is 17.6 Å². The summed E-state index contributed by atoms with van der Waals surface area (Å²) in [6.45, 7) is 5.18. The molecule has 2 aromatic rings. The number of carbonyl (C=O) groups is 1. The number of nitrogens with zero attached hydrogens (tertiary/aromatic N) is 2. The predicted molar refractivity (Wildman–Crippen MR) is 107 cm³/mol. The molecule has 1 heterocycles. The van der Waals surface area contributed by atoms with Crippen LogP contribution in [-0.4, -0.2) is 30.7 Å². The molecule has 9 heteroatoms. The lowest BCUT2D eigenvalue weighted by molar-refractivity contribution is -0.138. The number of pyridine rings is 1. The Morgan fingerprint density at radius 1 is 1.13 bits per heavy atom. The maximum Gasteiger partial charge on any atom is 0.417 e. The molecule has 0 aliphatic carbocycles. The highest BCUT2D eigenvalue weighted by Crippen LogP contribution is 2.38. The van der Waals surface area contributed by atoms with Gasteiger partial charge in [0.1, 0.15) is 11.1 Å². The van der Waals surface area contributed by atoms with Crippen LogP contribution in [0.15, 0.2) is 29.3 Å². The summed E-state index contributed by atoms with van der Waals surface area (Å²) in [4.78, 5) is 16.9. The molecule has 1 aromatic carbocycles. The number of methoxy groups -OCH3 is 2. The van der Waals surface area contributed by atoms with Gasteiger partial charge in [-0.3, -0.25) is 4.79 Å². The van der Waals surface area contributed by atoms with E-state index in [1.54, 1.807) is 32.9 Å². The molecular formula is C21H21F3N2O3S. The molecule has 2 rings (SSSR count). The van der Waals surface area contributed by atoms with Gasteiger partial charge >= 0.3 is 6.18 Å². The van der Waals surface area contributed by atoms with E-state index in [2.05, 4.69) is 4.98 Å². The molecule has 0 amide bonds. The quantitative estimate of drug-likeness (QED) is 0.452. The molecule has 0 aliphatic rings. The molecule has 0 saturated carbocycles. The van der Waals surface area contributed by atoms with Crippen LogP contribution < -0.4 is 9.47 Å². The summed E-state index contributed by atoms with van der Waals surface area (Å²) in [6.07, 6.45) is -4.71. The third-order valence-electron chi connectivity index (χ3n) is 4.22. The number of hydrogen-bond donors (Lipinski definition) is 0. The minimum absolute atomic E-state index is 0.119. The number of thioether (sulfide) groups is 1. The van der Waals surface area contributed by atoms with E-state index in [1.807, 2.05) is 0 Å². The van der Waals surface area contributed by atoms with E-state index in [0.717, 1.165) is 17.8 Å². The number of rotatable bonds is 6. The van der Waals surface area contributed by atoms with Crippen LogP contribution in [0.2, 0.25) is 0 Å². The second-order valence-electron chi connectivity index (χ2n) is 7.38. The van der Waals surface area contributed by atoms with Gasteiger partial charge in [0.2, 0.25) is 0 Å². The number of ketones is 1. The van der Waals surface area contributed by atoms with Crippen LogP contribution in [0.4, 0.5) is 13.2 Å². The van der Waals surface area contributed by atoms with Crippen LogP contribution in [0.3, 0.4) is 0 Å². The number of alkyl halides is 3. The molecule has 0 N–H and O–H groups in total. The monoisotopic (exact) mass is 438 g/mol. The van der Waals surface area contributed by atoms with Crippen LogP contribution in [0.5, 0.6) is 11.5 Å². The van der Waals surface area contributed by atoms with Gasteiger partial charge in [-0.1, -0.05) is 32.5 Å². The number of Topliss-reactive ketones (excluding diaryl/α,β-unsaturated/α-hetero) is 1. The van der Waals surface area contributed by atoms with Gasteiger partial charge in [0.05, 0.1) is 31.1 Å². The Morgan fingerprint density at radius 3 is 2.27 bits per heavy atom. The van der Waals surface area contributed by atoms with Gasteiger partial charge in [-0.25, -0.2) is 4.98 Å². The molecule has 30 heavy (non-hydrogen) atoms. The molecule has 5 nitrogen and oxygen atoms in total. The number of carbonyl (C=O) groups excluding carboxylic acids is 1. The SMILES string of the molecule is COc1ccc(C(=O)CSc2nc(C(C)(C)C)cc(C(F)(F)F)c2C#N)cc1OC. The Morgan fingerprint density at radius 2 is 1.77 bits per heavy atom. The Labute approximate surface area is 177 Å². The smallest absolute Gasteiger partial charge is 0.417 e. The van der Waals surface area contributed by atoms with Crippen molar-refractivity contribution in [1.82, 2.24) is 4.98 Å². The number of hydrogen-bond acceptors (Lipinski definition) is 6. The Hall–Kier alpha value is -2.73. The van der Waals surface area contributed by atoms with Crippen molar-refractivity contribution in [3.63, 3.8) is 0 Å². The van der Waals surface area contributed by atoms with E-state index in [0.29, 0.717) is 17.1 Å². The second-order valence-corrected chi connectivity index (χ2v) is 8.34. The van der Waals surface area contributed by atoms with Crippen molar-refractivity contribution in [2.24, 2.45) is 0 Å². The van der Waals surface area contributed by atoms with E-state index < -0.39 is 22.7 Å². The Bertz CT molecular complexity index is 993. The zero-order valence-electron chi connectivity index (χ0n) is 17.2. The Kier molecular flexibility index (Phi) is 7.03. The Balaban J connectivity index is 2.40. The third-order valence-corrected chi connectivity index (χ3v) is 5.19. The van der Waals surface area contributed by atoms with Gasteiger partial charge in [0.15, 0.2) is 17.3 Å². The molecule has 0 spiro atoms. The maximum absolute atomic E-state index is 13.5. The fourth-order valence-corrected chi connectivity index (χ4v) is 3.47. The molecule has 0 saturated heterocycles. The fraction of sp³-hybridized carbons (Fsp3) is 0.381. The topological polar surface area (TPSA) is 72.2 Å². The van der Waals surface area contributed by atoms with Crippen molar-refractivity contribution in [3.05, 3.63) is 46.6 Å². The predicted octanol–water partition coefficient (Wildman–Crippen LogP) is 5.26. The summed E-state index contributed by atoms with van der Waals surface area (Å²) in [5.41, 5.74) is -1.81. The summed E-state index contributed by atoms with van der Waals surface area (Å²) in [5, 5.41) is 9.23. The average molecular weight is 438 g/mol. The van der Waals surface area contributed by atoms with E-state index in [1.165, 1.54) is 26.4 Å². The fourth-order valence-electron chi connectivity index (χ4n) is 2.57. The van der Waals surface area contributed by atoms with Gasteiger partial charge in [0, 0.05) is 16.7 Å². The second kappa shape index (κ2) is 8.96. The number of ether oxygens (including phenoxy) is 2. The van der Waals surface area contributed by atoms with E-state index >= 15 is 0 Å². The summed E-state index contributed by atoms with van der Waals surface area (Å²) in [6, 6.07) is 7.09. The number of halogens is 3. The lowest BCUT2D eigenvalue weighted by Gasteiger charge is -2.21. The number of nitriles is 1. The van der Waals surface area contributed by atoms with Gasteiger partial charge in [-0.15, -0.1) is 0 Å². The molecule has 0 bridgehead atoms. The van der Waals surface area contributed by atoms with Crippen LogP contribution in [-0.2, 0) is 11.6 Å². The first kappa shape index (κ1) is 23.5. The molecule has 1 aromatic heterocycles. The molecule has 0 atom stereocenters. The van der Waals surface area contributed by atoms with Crippen LogP contribution in [0.1, 0.15) is 48.0 Å². The zero-order chi connectivity index (χ0) is 22.7. The van der Waals surface area contributed by atoms with Crippen molar-refractivity contribution >= 4 is 17.5 Å². The molecule has 0 aliphatic heterocycles. The normalized spacial score (nSPS) is 11.7. The lowest BCUT2D eigenvalue weighted by Crippen LogP contribution is -2.19. The third kappa shape index (κ3) is 5.25. The van der Waals surface area contributed by atoms with Gasteiger partial charge < -0.3 is 9.47 Å². The van der Waals surface area contributed by atoms with Gasteiger partial charge in [-0.2, -0.15) is 18.4 Å². The number of aromatic nitrogens is 1. The highest BCUT2D eigenvalue weighted by atomic mass is 32.2. The summed E-state index contributed by atoms with van der Waals surface area (Å²) >= 11 is 0.803. The van der Waals surface area contributed by atoms with Crippen molar-refractivity contribution in [2.45, 2.75) is 37.4 Å². The van der Waals surface area contributed by atoms with E-state index in [4.69, 9.17) is 9.47 Å². The standard InChI is InChI=1S/C21H21F3N2O3S/c1-20(2,3)18-9-14(21(22,23)24)13(10-25)19(26-18)30-11-15(27)12-6-7-16(28-4)17(8-12)29-5/h6-9H,11H2,1-5H3. The van der Waals surface area contributed by atoms with Crippen LogP contribution in [0.25, 0.3) is 0 Å². The van der Waals surface area contributed by atoms with Gasteiger partial charge in [0.25, 0.3) is 0 Å². The van der Waals surface area contributed by atoms with E-state index in [9.17, 15) is 23.2 Å². The van der Waals surface area contributed by atoms with Crippen LogP contribution in [0, 0.1) is 11.3 Å². The van der Waals surface area contributed by atoms with Crippen molar-refractivity contribution < 1.29 is 27.4 Å². The molecule has 0 fully saturated rings. The first-order valence-electron chi connectivity index (χ1n) is 8.83. The number of benzene rings is 1. The minimum Gasteiger partial charge on any atom is -0.493 e. The van der Waals surface area contributed by atoms with E-state index in [-0.39, 0.29) is 22.3 Å². The van der Waals surface area contributed by atoms with Crippen LogP contribution >= 0.6 is 11.8 Å². The van der Waals surface area contributed by atoms with Gasteiger partial charge in [-0.05, 0) is 24.3 Å². The molecular weight excluding hydrogens is 417 g/mol. The molecule has 0 unspecified atom stereocenters. The maximum atomic E-state index is 13.5. The minimum atomic E-state index is -4.71. The summed E-state index contributed by atoms with van der Waals surface area (Å²) < 4.78 is 50.9. The van der Waals surface area contributed by atoms with Crippen molar-refractivity contribution in [1.29, 1.82) is 5.26 Å². The molecule has 160 valence electrons. The molecule has 0 radical (unpaired) electrons. The summed E-state index contributed by atoms with van der Waals surface area (Å²) in [7, 11) is 2.89. The first-order valence-corrected chi connectivity index (χ1v) is 9.81.